The second-order valence-corrected chi connectivity index (χ2v) is 7.37. The first-order valence-corrected chi connectivity index (χ1v) is 8.89. The molecule has 1 aliphatic heterocycles. The summed E-state index contributed by atoms with van der Waals surface area (Å²) in [6.45, 7) is 2.49. The van der Waals surface area contributed by atoms with E-state index in [0.29, 0.717) is 34.6 Å². The maximum atomic E-state index is 12.7. The molecule has 130 valence electrons. The molecule has 3 rings (SSSR count). The Morgan fingerprint density at radius 3 is 2.50 bits per heavy atom. The Morgan fingerprint density at radius 2 is 1.88 bits per heavy atom. The highest BCUT2D eigenvalue weighted by molar-refractivity contribution is 6.37. The van der Waals surface area contributed by atoms with Crippen molar-refractivity contribution in [1.82, 2.24) is 10.2 Å². The Kier molecular flexibility index (Phi) is 4.92. The molecule has 0 unspecified atom stereocenters. The van der Waals surface area contributed by atoms with Gasteiger partial charge in [0.15, 0.2) is 5.75 Å². The van der Waals surface area contributed by atoms with E-state index in [-0.39, 0.29) is 25.1 Å². The molecule has 5 nitrogen and oxygen atoms in total. The number of imide groups is 1. The van der Waals surface area contributed by atoms with Crippen LogP contribution >= 0.6 is 23.2 Å². The van der Waals surface area contributed by atoms with E-state index in [4.69, 9.17) is 27.9 Å². The number of ether oxygens (including phenoxy) is 1. The standard InChI is InChI=1S/C17H20Cl2N2O3/c1-11-5-7-17(8-6-11)15(22)21(16(23)20-17)9-10-24-14-12(18)3-2-4-13(14)19/h2-4,11H,5-10H2,1H3,(H,20,23). The molecule has 1 heterocycles. The third-order valence-electron chi connectivity index (χ3n) is 4.85. The molecule has 7 heteroatoms. The lowest BCUT2D eigenvalue weighted by molar-refractivity contribution is -0.132. The first kappa shape index (κ1) is 17.4. The van der Waals surface area contributed by atoms with Crippen LogP contribution in [0.1, 0.15) is 32.6 Å². The molecule has 1 saturated carbocycles. The van der Waals surface area contributed by atoms with Gasteiger partial charge in [0.1, 0.15) is 12.1 Å². The molecule has 1 aromatic rings. The van der Waals surface area contributed by atoms with Gasteiger partial charge < -0.3 is 10.1 Å². The maximum Gasteiger partial charge on any atom is 0.325 e. The highest BCUT2D eigenvalue weighted by atomic mass is 35.5. The summed E-state index contributed by atoms with van der Waals surface area (Å²) in [4.78, 5) is 26.1. The minimum atomic E-state index is -0.717. The van der Waals surface area contributed by atoms with Crippen molar-refractivity contribution in [3.63, 3.8) is 0 Å². The maximum absolute atomic E-state index is 12.7. The monoisotopic (exact) mass is 370 g/mol. The predicted molar refractivity (Wildman–Crippen MR) is 92.6 cm³/mol. The topological polar surface area (TPSA) is 58.6 Å². The van der Waals surface area contributed by atoms with Gasteiger partial charge in [-0.15, -0.1) is 0 Å². The van der Waals surface area contributed by atoms with Gasteiger partial charge in [0.25, 0.3) is 5.91 Å². The Bertz CT molecular complexity index is 637. The summed E-state index contributed by atoms with van der Waals surface area (Å²) < 4.78 is 5.58. The number of halogens is 2. The highest BCUT2D eigenvalue weighted by Crippen LogP contribution is 2.36. The third kappa shape index (κ3) is 3.20. The van der Waals surface area contributed by atoms with E-state index in [1.165, 1.54) is 4.90 Å². The second-order valence-electron chi connectivity index (χ2n) is 6.55. The Hall–Kier alpha value is -1.46. The van der Waals surface area contributed by atoms with E-state index in [1.54, 1.807) is 18.2 Å². The van der Waals surface area contributed by atoms with Gasteiger partial charge >= 0.3 is 6.03 Å². The fraction of sp³-hybridized carbons (Fsp3) is 0.529. The summed E-state index contributed by atoms with van der Waals surface area (Å²) in [6, 6.07) is 4.73. The summed E-state index contributed by atoms with van der Waals surface area (Å²) in [5.74, 6) is 0.822. The molecule has 1 aromatic carbocycles. The van der Waals surface area contributed by atoms with Crippen LogP contribution in [0.15, 0.2) is 18.2 Å². The molecular weight excluding hydrogens is 351 g/mol. The van der Waals surface area contributed by atoms with Crippen LogP contribution in [0.3, 0.4) is 0 Å². The molecule has 2 fully saturated rings. The molecule has 3 amide bonds. The lowest BCUT2D eigenvalue weighted by atomic mass is 9.77. The van der Waals surface area contributed by atoms with E-state index < -0.39 is 5.54 Å². The molecule has 2 aliphatic rings. The molecule has 0 atom stereocenters. The molecular formula is C17H20Cl2N2O3. The van der Waals surface area contributed by atoms with Crippen molar-refractivity contribution in [1.29, 1.82) is 0 Å². The number of rotatable bonds is 4. The Labute approximate surface area is 151 Å². The zero-order chi connectivity index (χ0) is 17.3. The van der Waals surface area contributed by atoms with Crippen molar-refractivity contribution in [2.24, 2.45) is 5.92 Å². The number of carbonyl (C=O) groups is 2. The van der Waals surface area contributed by atoms with Gasteiger partial charge in [0.2, 0.25) is 0 Å². The van der Waals surface area contributed by atoms with Crippen LogP contribution in [0.5, 0.6) is 5.75 Å². The lowest BCUT2D eigenvalue weighted by Gasteiger charge is -2.33. The molecule has 24 heavy (non-hydrogen) atoms. The van der Waals surface area contributed by atoms with Crippen LogP contribution in [-0.4, -0.2) is 35.5 Å². The first-order valence-electron chi connectivity index (χ1n) is 8.14. The third-order valence-corrected chi connectivity index (χ3v) is 5.45. The Balaban J connectivity index is 1.62. The summed E-state index contributed by atoms with van der Waals surface area (Å²) >= 11 is 12.1. The van der Waals surface area contributed by atoms with Crippen molar-refractivity contribution >= 4 is 35.1 Å². The highest BCUT2D eigenvalue weighted by Gasteiger charge is 2.51. The van der Waals surface area contributed by atoms with Crippen molar-refractivity contribution < 1.29 is 14.3 Å². The fourth-order valence-corrected chi connectivity index (χ4v) is 3.84. The molecule has 1 aliphatic carbocycles. The van der Waals surface area contributed by atoms with Gasteiger partial charge in [-0.2, -0.15) is 0 Å². The van der Waals surface area contributed by atoms with Crippen LogP contribution in [0.25, 0.3) is 0 Å². The van der Waals surface area contributed by atoms with Gasteiger partial charge in [0, 0.05) is 0 Å². The lowest BCUT2D eigenvalue weighted by Crippen LogP contribution is -2.49. The minimum absolute atomic E-state index is 0.145. The summed E-state index contributed by atoms with van der Waals surface area (Å²) in [5, 5.41) is 3.69. The van der Waals surface area contributed by atoms with Crippen molar-refractivity contribution in [3.05, 3.63) is 28.2 Å². The number of hydrogen-bond donors (Lipinski definition) is 1. The molecule has 0 radical (unpaired) electrons. The van der Waals surface area contributed by atoms with Crippen LogP contribution in [0, 0.1) is 5.92 Å². The average molecular weight is 371 g/mol. The minimum Gasteiger partial charge on any atom is -0.489 e. The number of nitrogens with zero attached hydrogens (tertiary/aromatic N) is 1. The van der Waals surface area contributed by atoms with Crippen molar-refractivity contribution in [2.75, 3.05) is 13.2 Å². The summed E-state index contributed by atoms with van der Waals surface area (Å²) in [7, 11) is 0. The number of amides is 3. The molecule has 0 aromatic heterocycles. The van der Waals surface area contributed by atoms with Crippen LogP contribution in [0.4, 0.5) is 4.79 Å². The van der Waals surface area contributed by atoms with E-state index >= 15 is 0 Å². The molecule has 0 bridgehead atoms. The number of para-hydroxylation sites is 1. The molecule has 1 N–H and O–H groups in total. The van der Waals surface area contributed by atoms with Gasteiger partial charge in [-0.05, 0) is 43.7 Å². The molecule has 1 saturated heterocycles. The molecule has 1 spiro atoms. The largest absolute Gasteiger partial charge is 0.489 e. The average Bonchev–Trinajstić information content (AvgIpc) is 2.77. The van der Waals surface area contributed by atoms with Crippen LogP contribution in [0.2, 0.25) is 10.0 Å². The number of hydrogen-bond acceptors (Lipinski definition) is 3. The number of nitrogens with one attached hydrogen (secondary N) is 1. The zero-order valence-electron chi connectivity index (χ0n) is 13.5. The smallest absolute Gasteiger partial charge is 0.325 e. The van der Waals surface area contributed by atoms with E-state index in [2.05, 4.69) is 12.2 Å². The van der Waals surface area contributed by atoms with Gasteiger partial charge in [-0.25, -0.2) is 4.79 Å². The Morgan fingerprint density at radius 1 is 1.25 bits per heavy atom. The second kappa shape index (κ2) is 6.81. The van der Waals surface area contributed by atoms with Crippen molar-refractivity contribution in [3.8, 4) is 5.75 Å². The van der Waals surface area contributed by atoms with Crippen molar-refractivity contribution in [2.45, 2.75) is 38.1 Å². The quantitative estimate of drug-likeness (QED) is 0.818. The number of carbonyl (C=O) groups excluding carboxylic acids is 2. The number of benzene rings is 1. The summed E-state index contributed by atoms with van der Waals surface area (Å²) in [6.07, 6.45) is 3.30. The van der Waals surface area contributed by atoms with Crippen LogP contribution in [-0.2, 0) is 4.79 Å². The van der Waals surface area contributed by atoms with Crippen LogP contribution < -0.4 is 10.1 Å². The number of urea groups is 1. The zero-order valence-corrected chi connectivity index (χ0v) is 15.0. The SMILES string of the molecule is CC1CCC2(CC1)NC(=O)N(CCOc1c(Cl)cccc1Cl)C2=O. The van der Waals surface area contributed by atoms with E-state index in [9.17, 15) is 9.59 Å². The van der Waals surface area contributed by atoms with E-state index in [0.717, 1.165) is 12.8 Å². The van der Waals surface area contributed by atoms with Gasteiger partial charge in [0.05, 0.1) is 16.6 Å². The summed E-state index contributed by atoms with van der Waals surface area (Å²) in [5.41, 5.74) is -0.717. The van der Waals surface area contributed by atoms with Gasteiger partial charge in [-0.3, -0.25) is 9.69 Å². The fourth-order valence-electron chi connectivity index (χ4n) is 3.33. The first-order chi connectivity index (χ1) is 11.4. The normalized spacial score (nSPS) is 26.8. The van der Waals surface area contributed by atoms with Gasteiger partial charge in [-0.1, -0.05) is 36.2 Å². The van der Waals surface area contributed by atoms with E-state index in [1.807, 2.05) is 0 Å². The predicted octanol–water partition coefficient (Wildman–Crippen LogP) is 3.87.